The van der Waals surface area contributed by atoms with Crippen LogP contribution in [-0.2, 0) is 9.84 Å². The molecule has 0 saturated heterocycles. The molecular weight excluding hydrogens is 356 g/mol. The minimum Gasteiger partial charge on any atom is -0.497 e. The van der Waals surface area contributed by atoms with Crippen molar-refractivity contribution in [3.8, 4) is 5.75 Å². The van der Waals surface area contributed by atoms with Gasteiger partial charge in [-0.2, -0.15) is 0 Å². The fourth-order valence-electron chi connectivity index (χ4n) is 1.76. The maximum absolute atomic E-state index is 12.2. The van der Waals surface area contributed by atoms with Gasteiger partial charge in [-0.25, -0.2) is 8.42 Å². The van der Waals surface area contributed by atoms with Crippen molar-refractivity contribution in [1.29, 1.82) is 0 Å². The molecule has 21 heavy (non-hydrogen) atoms. The van der Waals surface area contributed by atoms with E-state index in [9.17, 15) is 13.2 Å². The van der Waals surface area contributed by atoms with E-state index < -0.39 is 21.4 Å². The lowest BCUT2D eigenvalue weighted by Crippen LogP contribution is -2.16. The summed E-state index contributed by atoms with van der Waals surface area (Å²) in [5.41, 5.74) is 0.371. The smallest absolute Gasteiger partial charge is 0.185 e. The van der Waals surface area contributed by atoms with Gasteiger partial charge >= 0.3 is 0 Å². The summed E-state index contributed by atoms with van der Waals surface area (Å²) in [6.07, 6.45) is 0. The molecule has 0 unspecified atom stereocenters. The summed E-state index contributed by atoms with van der Waals surface area (Å²) >= 11 is 3.26. The van der Waals surface area contributed by atoms with Gasteiger partial charge in [0.25, 0.3) is 0 Å². The van der Waals surface area contributed by atoms with E-state index in [1.54, 1.807) is 36.4 Å². The summed E-state index contributed by atoms with van der Waals surface area (Å²) in [6.45, 7) is 0. The first-order chi connectivity index (χ1) is 9.92. The van der Waals surface area contributed by atoms with Crippen molar-refractivity contribution in [2.75, 3.05) is 12.9 Å². The molecule has 0 N–H and O–H groups in total. The van der Waals surface area contributed by atoms with E-state index in [-0.39, 0.29) is 4.90 Å². The van der Waals surface area contributed by atoms with Gasteiger partial charge in [0.2, 0.25) is 0 Å². The van der Waals surface area contributed by atoms with Gasteiger partial charge in [-0.15, -0.1) is 0 Å². The van der Waals surface area contributed by atoms with Crippen LogP contribution in [0.1, 0.15) is 10.4 Å². The van der Waals surface area contributed by atoms with Crippen molar-refractivity contribution in [1.82, 2.24) is 0 Å². The van der Waals surface area contributed by atoms with Crippen molar-refractivity contribution >= 4 is 31.6 Å². The first-order valence-electron chi connectivity index (χ1n) is 6.08. The highest BCUT2D eigenvalue weighted by Crippen LogP contribution is 2.18. The van der Waals surface area contributed by atoms with Gasteiger partial charge in [-0.05, 0) is 36.4 Å². The standard InChI is InChI=1S/C15H13BrO4S/c1-20-13-6-8-14(9-7-13)21(18,19)10-15(17)11-2-4-12(16)5-3-11/h2-9H,10H2,1H3. The molecule has 0 aliphatic carbocycles. The molecule has 0 spiro atoms. The predicted molar refractivity (Wildman–Crippen MR) is 83.5 cm³/mol. The van der Waals surface area contributed by atoms with Crippen LogP contribution in [0.4, 0.5) is 0 Å². The Hall–Kier alpha value is -1.66. The van der Waals surface area contributed by atoms with Crippen LogP contribution in [-0.4, -0.2) is 27.1 Å². The number of Topliss-reactive ketones (excluding diaryl/α,β-unsaturated/α-hetero) is 1. The van der Waals surface area contributed by atoms with Crippen LogP contribution in [0.15, 0.2) is 57.9 Å². The lowest BCUT2D eigenvalue weighted by molar-refractivity contribution is 0.102. The number of hydrogen-bond donors (Lipinski definition) is 0. The molecule has 4 nitrogen and oxygen atoms in total. The largest absolute Gasteiger partial charge is 0.497 e. The zero-order chi connectivity index (χ0) is 15.5. The highest BCUT2D eigenvalue weighted by Gasteiger charge is 2.20. The molecule has 0 aromatic heterocycles. The van der Waals surface area contributed by atoms with Gasteiger partial charge in [-0.1, -0.05) is 28.1 Å². The summed E-state index contributed by atoms with van der Waals surface area (Å²) in [7, 11) is -2.16. The summed E-state index contributed by atoms with van der Waals surface area (Å²) in [4.78, 5) is 12.2. The Kier molecular flexibility index (Phi) is 4.80. The average Bonchev–Trinajstić information content (AvgIpc) is 2.47. The molecular formula is C15H13BrO4S. The molecule has 0 fully saturated rings. The van der Waals surface area contributed by atoms with E-state index in [4.69, 9.17) is 4.74 Å². The Morgan fingerprint density at radius 2 is 1.62 bits per heavy atom. The molecule has 0 aliphatic heterocycles. The molecule has 0 amide bonds. The number of carbonyl (C=O) groups excluding carboxylic acids is 1. The predicted octanol–water partition coefficient (Wildman–Crippen LogP) is 3.11. The molecule has 2 aromatic carbocycles. The van der Waals surface area contributed by atoms with E-state index in [1.807, 2.05) is 0 Å². The van der Waals surface area contributed by atoms with Crippen molar-refractivity contribution in [3.63, 3.8) is 0 Å². The first-order valence-corrected chi connectivity index (χ1v) is 8.52. The van der Waals surface area contributed by atoms with Crippen molar-refractivity contribution < 1.29 is 17.9 Å². The van der Waals surface area contributed by atoms with Crippen LogP contribution in [0.25, 0.3) is 0 Å². The maximum atomic E-state index is 12.2. The zero-order valence-corrected chi connectivity index (χ0v) is 13.6. The second kappa shape index (κ2) is 6.41. The van der Waals surface area contributed by atoms with Crippen LogP contribution in [0.2, 0.25) is 0 Å². The van der Waals surface area contributed by atoms with E-state index in [0.717, 1.165) is 4.47 Å². The topological polar surface area (TPSA) is 60.4 Å². The van der Waals surface area contributed by atoms with E-state index in [2.05, 4.69) is 15.9 Å². The number of ether oxygens (including phenoxy) is 1. The number of carbonyl (C=O) groups is 1. The Bertz CT molecular complexity index is 734. The molecule has 2 aromatic rings. The lowest BCUT2D eigenvalue weighted by Gasteiger charge is -2.05. The normalized spacial score (nSPS) is 11.1. The summed E-state index contributed by atoms with van der Waals surface area (Å²) < 4.78 is 30.2. The third-order valence-electron chi connectivity index (χ3n) is 2.91. The van der Waals surface area contributed by atoms with Gasteiger partial charge in [0.15, 0.2) is 15.6 Å². The molecule has 2 rings (SSSR count). The number of ketones is 1. The third-order valence-corrected chi connectivity index (χ3v) is 5.07. The van der Waals surface area contributed by atoms with E-state index in [0.29, 0.717) is 11.3 Å². The first kappa shape index (κ1) is 15.7. The van der Waals surface area contributed by atoms with E-state index in [1.165, 1.54) is 19.2 Å². The molecule has 6 heteroatoms. The minimum atomic E-state index is -3.66. The fourth-order valence-corrected chi connectivity index (χ4v) is 3.25. The van der Waals surface area contributed by atoms with Gasteiger partial charge in [-0.3, -0.25) is 4.79 Å². The molecule has 0 bridgehead atoms. The van der Waals surface area contributed by atoms with Crippen LogP contribution in [0, 0.1) is 0 Å². The number of benzene rings is 2. The minimum absolute atomic E-state index is 0.105. The Balaban J connectivity index is 2.20. The zero-order valence-electron chi connectivity index (χ0n) is 11.2. The summed E-state index contributed by atoms with van der Waals surface area (Å²) in [5.74, 6) is -0.424. The van der Waals surface area contributed by atoms with Gasteiger partial charge in [0.1, 0.15) is 11.5 Å². The molecule has 0 atom stereocenters. The molecule has 0 aliphatic rings. The fraction of sp³-hybridized carbons (Fsp3) is 0.133. The second-order valence-corrected chi connectivity index (χ2v) is 7.27. The molecule has 0 saturated carbocycles. The number of hydrogen-bond acceptors (Lipinski definition) is 4. The van der Waals surface area contributed by atoms with E-state index >= 15 is 0 Å². The lowest BCUT2D eigenvalue weighted by atomic mass is 10.2. The molecule has 0 heterocycles. The Morgan fingerprint density at radius 1 is 1.05 bits per heavy atom. The van der Waals surface area contributed by atoms with Gasteiger partial charge in [0, 0.05) is 10.0 Å². The second-order valence-electron chi connectivity index (χ2n) is 4.36. The Morgan fingerprint density at radius 3 is 2.14 bits per heavy atom. The van der Waals surface area contributed by atoms with Crippen molar-refractivity contribution in [3.05, 3.63) is 58.6 Å². The van der Waals surface area contributed by atoms with Crippen LogP contribution < -0.4 is 4.74 Å². The summed E-state index contributed by atoms with van der Waals surface area (Å²) in [5, 5.41) is 0. The number of methoxy groups -OCH3 is 1. The van der Waals surface area contributed by atoms with Gasteiger partial charge in [0.05, 0.1) is 12.0 Å². The van der Waals surface area contributed by atoms with Crippen molar-refractivity contribution in [2.45, 2.75) is 4.90 Å². The molecule has 0 radical (unpaired) electrons. The quantitative estimate of drug-likeness (QED) is 0.760. The van der Waals surface area contributed by atoms with Crippen LogP contribution in [0.5, 0.6) is 5.75 Å². The number of rotatable bonds is 5. The molecule has 110 valence electrons. The maximum Gasteiger partial charge on any atom is 0.185 e. The average molecular weight is 369 g/mol. The highest BCUT2D eigenvalue weighted by molar-refractivity contribution is 9.10. The van der Waals surface area contributed by atoms with Gasteiger partial charge < -0.3 is 4.74 Å². The van der Waals surface area contributed by atoms with Crippen LogP contribution in [0.3, 0.4) is 0 Å². The highest BCUT2D eigenvalue weighted by atomic mass is 79.9. The number of sulfone groups is 1. The monoisotopic (exact) mass is 368 g/mol. The number of halogens is 1. The van der Waals surface area contributed by atoms with Crippen LogP contribution >= 0.6 is 15.9 Å². The third kappa shape index (κ3) is 3.92. The SMILES string of the molecule is COc1ccc(S(=O)(=O)CC(=O)c2ccc(Br)cc2)cc1. The Labute approximate surface area is 131 Å². The van der Waals surface area contributed by atoms with Crippen molar-refractivity contribution in [2.24, 2.45) is 0 Å². The summed E-state index contributed by atoms with van der Waals surface area (Å²) in [6, 6.07) is 12.6.